The van der Waals surface area contributed by atoms with Crippen molar-refractivity contribution in [2.24, 2.45) is 0 Å². The number of hydrogen-bond acceptors (Lipinski definition) is 8. The van der Waals surface area contributed by atoms with Gasteiger partial charge in [0.1, 0.15) is 17.5 Å². The Morgan fingerprint density at radius 2 is 1.64 bits per heavy atom. The molecule has 2 saturated heterocycles. The van der Waals surface area contributed by atoms with Crippen molar-refractivity contribution in [3.8, 4) is 16.9 Å². The van der Waals surface area contributed by atoms with Crippen LogP contribution in [-0.4, -0.2) is 80.2 Å². The van der Waals surface area contributed by atoms with Crippen molar-refractivity contribution < 1.29 is 8.95 Å². The largest absolute Gasteiger partial charge is 0.489 e. The standard InChI is InChI=1S/C37H46N6O3S/c1-25-21-32(47(45)31-16-19-41(2)20-17-31)14-15-33(25)34-22-26-23-38-37(40-35(26)43(36(34)44)28-7-4-5-8-28)39-27-10-12-29(13-11-27)46-30-9-6-18-42(3)24-30/h10-15,21-23,28,30-31H,4-9,16-20,24H2,1-3H3,(H,38,39,40). The van der Waals surface area contributed by atoms with Crippen molar-refractivity contribution in [2.45, 2.75) is 80.6 Å². The number of likely N-dealkylation sites (tertiary alicyclic amines) is 2. The molecule has 2 aromatic heterocycles. The lowest BCUT2D eigenvalue weighted by atomic mass is 10.0. The Labute approximate surface area is 279 Å². The summed E-state index contributed by atoms with van der Waals surface area (Å²) in [6, 6.07) is 15.9. The lowest BCUT2D eigenvalue weighted by Crippen LogP contribution is -2.38. The predicted molar refractivity (Wildman–Crippen MR) is 189 cm³/mol. The number of aromatic nitrogens is 3. The number of aryl methyl sites for hydroxylation is 1. The maximum atomic E-state index is 14.3. The lowest BCUT2D eigenvalue weighted by Gasteiger charge is -2.30. The Bertz CT molecular complexity index is 1810. The van der Waals surface area contributed by atoms with Gasteiger partial charge in [0.25, 0.3) is 5.56 Å². The van der Waals surface area contributed by atoms with E-state index < -0.39 is 10.8 Å². The van der Waals surface area contributed by atoms with Gasteiger partial charge in [0.15, 0.2) is 0 Å². The third-order valence-electron chi connectivity index (χ3n) is 10.1. The van der Waals surface area contributed by atoms with E-state index in [0.717, 1.165) is 110 Å². The summed E-state index contributed by atoms with van der Waals surface area (Å²) < 4.78 is 21.6. The summed E-state index contributed by atoms with van der Waals surface area (Å²) in [7, 11) is 3.19. The summed E-state index contributed by atoms with van der Waals surface area (Å²) >= 11 is 0. The number of anilines is 2. The van der Waals surface area contributed by atoms with E-state index in [9.17, 15) is 9.00 Å². The monoisotopic (exact) mass is 654 g/mol. The first-order chi connectivity index (χ1) is 22.8. The second kappa shape index (κ2) is 13.9. The molecule has 7 rings (SSSR count). The minimum Gasteiger partial charge on any atom is -0.489 e. The van der Waals surface area contributed by atoms with Gasteiger partial charge in [0.05, 0.1) is 10.8 Å². The van der Waals surface area contributed by atoms with Crippen LogP contribution in [0.2, 0.25) is 0 Å². The Morgan fingerprint density at radius 1 is 0.872 bits per heavy atom. The number of piperidine rings is 2. The van der Waals surface area contributed by atoms with Crippen molar-refractivity contribution in [2.75, 3.05) is 45.6 Å². The van der Waals surface area contributed by atoms with Crippen LogP contribution in [0.1, 0.15) is 63.0 Å². The van der Waals surface area contributed by atoms with E-state index in [-0.39, 0.29) is 23.0 Å². The molecule has 0 amide bonds. The lowest BCUT2D eigenvalue weighted by molar-refractivity contribution is 0.104. The molecular formula is C37H46N6O3S. The molecule has 3 aliphatic rings. The highest BCUT2D eigenvalue weighted by Gasteiger charge is 2.26. The summed E-state index contributed by atoms with van der Waals surface area (Å²) in [5.74, 6) is 1.31. The van der Waals surface area contributed by atoms with E-state index in [2.05, 4.69) is 34.2 Å². The van der Waals surface area contributed by atoms with E-state index in [1.807, 2.05) is 66.2 Å². The summed E-state index contributed by atoms with van der Waals surface area (Å²) in [6.07, 6.45) is 10.2. The van der Waals surface area contributed by atoms with E-state index in [1.54, 1.807) is 0 Å². The van der Waals surface area contributed by atoms with Crippen LogP contribution in [0.3, 0.4) is 0 Å². The van der Waals surface area contributed by atoms with E-state index in [0.29, 0.717) is 17.2 Å². The molecule has 0 radical (unpaired) electrons. The van der Waals surface area contributed by atoms with Gasteiger partial charge in [-0.3, -0.25) is 13.6 Å². The summed E-state index contributed by atoms with van der Waals surface area (Å²) in [6.45, 7) is 6.04. The first kappa shape index (κ1) is 32.0. The Balaban J connectivity index is 1.16. The average Bonchev–Trinajstić information content (AvgIpc) is 3.60. The van der Waals surface area contributed by atoms with Crippen LogP contribution >= 0.6 is 0 Å². The number of nitrogens with one attached hydrogen (secondary N) is 1. The van der Waals surface area contributed by atoms with Crippen LogP contribution in [0.25, 0.3) is 22.2 Å². The van der Waals surface area contributed by atoms with Gasteiger partial charge in [-0.05, 0) is 133 Å². The second-order valence-electron chi connectivity index (χ2n) is 13.7. The van der Waals surface area contributed by atoms with E-state index in [1.165, 1.54) is 0 Å². The van der Waals surface area contributed by atoms with Crippen molar-refractivity contribution in [3.05, 3.63) is 70.6 Å². The molecule has 47 heavy (non-hydrogen) atoms. The number of pyridine rings is 1. The van der Waals surface area contributed by atoms with Crippen molar-refractivity contribution >= 4 is 33.5 Å². The number of likely N-dealkylation sites (N-methyl/N-ethyl adjacent to an activating group) is 1. The van der Waals surface area contributed by atoms with Gasteiger partial charge < -0.3 is 19.9 Å². The number of rotatable bonds is 8. The minimum absolute atomic E-state index is 0.0313. The quantitative estimate of drug-likeness (QED) is 0.237. The zero-order chi connectivity index (χ0) is 32.5. The second-order valence-corrected chi connectivity index (χ2v) is 15.4. The molecule has 4 heterocycles. The maximum absolute atomic E-state index is 14.3. The highest BCUT2D eigenvalue weighted by atomic mass is 32.2. The molecule has 1 aliphatic carbocycles. The summed E-state index contributed by atoms with van der Waals surface area (Å²) in [5, 5.41) is 4.34. The van der Waals surface area contributed by atoms with Crippen LogP contribution in [-0.2, 0) is 10.8 Å². The van der Waals surface area contributed by atoms with Crippen LogP contribution in [0.5, 0.6) is 5.75 Å². The Kier molecular flexibility index (Phi) is 9.43. The van der Waals surface area contributed by atoms with E-state index >= 15 is 0 Å². The number of ether oxygens (including phenoxy) is 1. The van der Waals surface area contributed by atoms with Crippen LogP contribution in [0, 0.1) is 6.92 Å². The fourth-order valence-corrected chi connectivity index (χ4v) is 9.00. The van der Waals surface area contributed by atoms with Crippen LogP contribution < -0.4 is 15.6 Å². The molecule has 1 N–H and O–H groups in total. The molecular weight excluding hydrogens is 609 g/mol. The molecule has 0 spiro atoms. The molecule has 0 bridgehead atoms. The molecule has 2 aliphatic heterocycles. The van der Waals surface area contributed by atoms with E-state index in [4.69, 9.17) is 9.72 Å². The van der Waals surface area contributed by atoms with Crippen LogP contribution in [0.15, 0.2) is 64.4 Å². The van der Waals surface area contributed by atoms with Crippen molar-refractivity contribution in [1.82, 2.24) is 24.3 Å². The van der Waals surface area contributed by atoms with Gasteiger partial charge in [0.2, 0.25) is 5.95 Å². The summed E-state index contributed by atoms with van der Waals surface area (Å²) in [4.78, 5) is 29.3. The zero-order valence-electron chi connectivity index (χ0n) is 27.8. The molecule has 1 saturated carbocycles. The smallest absolute Gasteiger partial charge is 0.260 e. The third kappa shape index (κ3) is 7.00. The first-order valence-corrected chi connectivity index (χ1v) is 18.4. The maximum Gasteiger partial charge on any atom is 0.260 e. The first-order valence-electron chi connectivity index (χ1n) is 17.2. The highest BCUT2D eigenvalue weighted by Crippen LogP contribution is 2.34. The fourth-order valence-electron chi connectivity index (χ4n) is 7.48. The van der Waals surface area contributed by atoms with Crippen LogP contribution in [0.4, 0.5) is 11.6 Å². The number of benzene rings is 2. The molecule has 2 unspecified atom stereocenters. The Morgan fingerprint density at radius 3 is 2.36 bits per heavy atom. The summed E-state index contributed by atoms with van der Waals surface area (Å²) in [5.41, 5.74) is 3.95. The minimum atomic E-state index is -1.06. The molecule has 9 nitrogen and oxygen atoms in total. The topological polar surface area (TPSA) is 92.6 Å². The molecule has 248 valence electrons. The van der Waals surface area contributed by atoms with Gasteiger partial charge in [0, 0.05) is 45.6 Å². The normalized spacial score (nSPS) is 20.9. The fraction of sp³-hybridized carbons (Fsp3) is 0.486. The number of fused-ring (bicyclic) bond motifs is 1. The Hall–Kier alpha value is -3.60. The van der Waals surface area contributed by atoms with Gasteiger partial charge >= 0.3 is 0 Å². The molecule has 2 atom stereocenters. The predicted octanol–water partition coefficient (Wildman–Crippen LogP) is 6.30. The third-order valence-corrected chi connectivity index (χ3v) is 11.9. The average molecular weight is 655 g/mol. The zero-order valence-corrected chi connectivity index (χ0v) is 28.6. The van der Waals surface area contributed by atoms with Gasteiger partial charge in [-0.1, -0.05) is 18.9 Å². The highest BCUT2D eigenvalue weighted by molar-refractivity contribution is 7.85. The molecule has 2 aromatic carbocycles. The molecule has 4 aromatic rings. The molecule has 10 heteroatoms. The van der Waals surface area contributed by atoms with Crippen molar-refractivity contribution in [1.29, 1.82) is 0 Å². The number of nitrogens with zero attached hydrogens (tertiary/aromatic N) is 5. The van der Waals surface area contributed by atoms with Gasteiger partial charge in [-0.25, -0.2) is 4.98 Å². The van der Waals surface area contributed by atoms with Gasteiger partial charge in [-0.15, -0.1) is 0 Å². The number of hydrogen-bond donors (Lipinski definition) is 1. The SMILES string of the molecule is Cc1cc(S(=O)C2CCN(C)CC2)ccc1-c1cc2cnc(Nc3ccc(OC4CCCN(C)C4)cc3)nc2n(C2CCCC2)c1=O. The molecule has 3 fully saturated rings. The van der Waals surface area contributed by atoms with Crippen molar-refractivity contribution in [3.63, 3.8) is 0 Å². The van der Waals surface area contributed by atoms with Gasteiger partial charge in [-0.2, -0.15) is 4.98 Å².